The van der Waals surface area contributed by atoms with Crippen molar-refractivity contribution in [1.82, 2.24) is 9.62 Å². The zero-order chi connectivity index (χ0) is 13.9. The van der Waals surface area contributed by atoms with E-state index in [0.29, 0.717) is 12.8 Å². The lowest BCUT2D eigenvalue weighted by Crippen LogP contribution is -2.40. The van der Waals surface area contributed by atoms with Crippen LogP contribution in [-0.2, 0) is 10.0 Å². The molecule has 6 nitrogen and oxygen atoms in total. The smallest absolute Gasteiger partial charge is 0.274 e. The van der Waals surface area contributed by atoms with E-state index >= 15 is 0 Å². The van der Waals surface area contributed by atoms with Gasteiger partial charge in [0.05, 0.1) is 0 Å². The van der Waals surface area contributed by atoms with Gasteiger partial charge in [-0.15, -0.1) is 0 Å². The lowest BCUT2D eigenvalue weighted by Gasteiger charge is -2.23. The molecule has 2 rings (SSSR count). The Morgan fingerprint density at radius 3 is 2.68 bits per heavy atom. The van der Waals surface area contributed by atoms with Crippen molar-refractivity contribution in [3.63, 3.8) is 0 Å². The van der Waals surface area contributed by atoms with Crippen LogP contribution in [0.2, 0.25) is 0 Å². The molecule has 7 heteroatoms. The third-order valence-corrected chi connectivity index (χ3v) is 4.61. The van der Waals surface area contributed by atoms with E-state index in [9.17, 15) is 13.2 Å². The van der Waals surface area contributed by atoms with Gasteiger partial charge in [-0.2, -0.15) is 0 Å². The molecule has 1 aromatic heterocycles. The molecule has 0 aliphatic carbocycles. The molecule has 1 aliphatic rings. The largest absolute Gasteiger partial charge is 0.440 e. The van der Waals surface area contributed by atoms with Crippen LogP contribution in [-0.4, -0.2) is 45.3 Å². The number of carbonyl (C=O) groups excluding carboxylic acids is 1. The van der Waals surface area contributed by atoms with Crippen molar-refractivity contribution in [2.24, 2.45) is 0 Å². The van der Waals surface area contributed by atoms with Gasteiger partial charge in [0.15, 0.2) is 12.0 Å². The molecule has 0 bridgehead atoms. The van der Waals surface area contributed by atoms with Crippen molar-refractivity contribution in [3.8, 4) is 0 Å². The second-order valence-corrected chi connectivity index (χ2v) is 6.42. The van der Waals surface area contributed by atoms with Crippen molar-refractivity contribution < 1.29 is 17.6 Å². The summed E-state index contributed by atoms with van der Waals surface area (Å²) in [4.78, 5) is 12.7. The number of hydrogen-bond donors (Lipinski definition) is 1. The van der Waals surface area contributed by atoms with Crippen molar-refractivity contribution in [2.45, 2.75) is 30.9 Å². The molecule has 1 saturated heterocycles. The number of likely N-dealkylation sites (tertiary alicyclic amines) is 1. The van der Waals surface area contributed by atoms with Crippen molar-refractivity contribution in [2.75, 3.05) is 19.6 Å². The van der Waals surface area contributed by atoms with E-state index in [0.717, 1.165) is 25.9 Å². The summed E-state index contributed by atoms with van der Waals surface area (Å²) in [6.07, 6.45) is 2.81. The summed E-state index contributed by atoms with van der Waals surface area (Å²) in [5, 5.41) is -0.219. The number of aldehydes is 1. The van der Waals surface area contributed by atoms with Crippen molar-refractivity contribution >= 4 is 16.3 Å². The molecule has 0 saturated carbocycles. The predicted molar refractivity (Wildman–Crippen MR) is 69.6 cm³/mol. The molecule has 1 unspecified atom stereocenters. The van der Waals surface area contributed by atoms with Gasteiger partial charge >= 0.3 is 0 Å². The third kappa shape index (κ3) is 3.43. The van der Waals surface area contributed by atoms with E-state index in [4.69, 9.17) is 4.42 Å². The lowest BCUT2D eigenvalue weighted by atomic mass is 10.3. The van der Waals surface area contributed by atoms with Gasteiger partial charge in [-0.3, -0.25) is 9.69 Å². The number of furan rings is 1. The van der Waals surface area contributed by atoms with Crippen molar-refractivity contribution in [3.05, 3.63) is 17.9 Å². The molecule has 1 aromatic rings. The van der Waals surface area contributed by atoms with Crippen LogP contribution in [0.15, 0.2) is 21.6 Å². The highest BCUT2D eigenvalue weighted by molar-refractivity contribution is 7.89. The maximum absolute atomic E-state index is 11.9. The van der Waals surface area contributed by atoms with E-state index in [-0.39, 0.29) is 16.9 Å². The molecule has 0 radical (unpaired) electrons. The van der Waals surface area contributed by atoms with Gasteiger partial charge in [0.2, 0.25) is 5.09 Å². The van der Waals surface area contributed by atoms with Gasteiger partial charge in [0.25, 0.3) is 10.0 Å². The maximum atomic E-state index is 11.9. The van der Waals surface area contributed by atoms with E-state index in [1.54, 1.807) is 0 Å². The van der Waals surface area contributed by atoms with Gasteiger partial charge < -0.3 is 4.42 Å². The first-order valence-corrected chi connectivity index (χ1v) is 7.80. The van der Waals surface area contributed by atoms with Crippen LogP contribution < -0.4 is 4.72 Å². The molecule has 1 aliphatic heterocycles. The van der Waals surface area contributed by atoms with Gasteiger partial charge in [-0.05, 0) is 45.0 Å². The fourth-order valence-corrected chi connectivity index (χ4v) is 3.21. The number of hydrogen-bond acceptors (Lipinski definition) is 5. The van der Waals surface area contributed by atoms with Crippen LogP contribution in [0.1, 0.15) is 30.3 Å². The third-order valence-electron chi connectivity index (χ3n) is 3.32. The van der Waals surface area contributed by atoms with Crippen LogP contribution >= 0.6 is 0 Å². The topological polar surface area (TPSA) is 79.6 Å². The van der Waals surface area contributed by atoms with E-state index in [1.165, 1.54) is 12.1 Å². The first-order valence-electron chi connectivity index (χ1n) is 6.31. The molecule has 1 atom stereocenters. The number of sulfonamides is 1. The Kier molecular flexibility index (Phi) is 4.38. The summed E-state index contributed by atoms with van der Waals surface area (Å²) in [6, 6.07) is 2.77. The average Bonchev–Trinajstić information content (AvgIpc) is 3.06. The Labute approximate surface area is 112 Å². The number of nitrogens with zero attached hydrogens (tertiary/aromatic N) is 1. The minimum absolute atomic E-state index is 0.00738. The normalized spacial score (nSPS) is 18.6. The number of nitrogens with one attached hydrogen (secondary N) is 1. The monoisotopic (exact) mass is 286 g/mol. The lowest BCUT2D eigenvalue weighted by molar-refractivity contribution is 0.109. The summed E-state index contributed by atoms with van der Waals surface area (Å²) < 4.78 is 31.3. The highest BCUT2D eigenvalue weighted by Gasteiger charge is 2.22. The standard InChI is InChI=1S/C12H18N2O4S/c1-10(14-6-2-3-7-14)8-13-19(16,17)12-5-4-11(9-15)18-12/h4-5,9-10,13H,2-3,6-8H2,1H3. The van der Waals surface area contributed by atoms with E-state index in [1.807, 2.05) is 6.92 Å². The minimum atomic E-state index is -3.68. The molecule has 1 fully saturated rings. The Bertz CT molecular complexity index is 532. The average molecular weight is 286 g/mol. The number of rotatable bonds is 6. The van der Waals surface area contributed by atoms with Gasteiger partial charge in [-0.1, -0.05) is 0 Å². The first kappa shape index (κ1) is 14.2. The zero-order valence-corrected chi connectivity index (χ0v) is 11.6. The molecule has 1 N–H and O–H groups in total. The van der Waals surface area contributed by atoms with E-state index in [2.05, 4.69) is 9.62 Å². The Morgan fingerprint density at radius 1 is 1.42 bits per heavy atom. The van der Waals surface area contributed by atoms with Gasteiger partial charge in [0.1, 0.15) is 0 Å². The van der Waals surface area contributed by atoms with Crippen LogP contribution in [0.5, 0.6) is 0 Å². The maximum Gasteiger partial charge on any atom is 0.274 e. The van der Waals surface area contributed by atoms with Crippen LogP contribution in [0.25, 0.3) is 0 Å². The minimum Gasteiger partial charge on any atom is -0.440 e. The fourth-order valence-electron chi connectivity index (χ4n) is 2.16. The zero-order valence-electron chi connectivity index (χ0n) is 10.8. The Hall–Kier alpha value is -1.18. The second kappa shape index (κ2) is 5.85. The van der Waals surface area contributed by atoms with E-state index < -0.39 is 10.0 Å². The quantitative estimate of drug-likeness (QED) is 0.784. The molecule has 0 spiro atoms. The fraction of sp³-hybridized carbons (Fsp3) is 0.583. The molecular formula is C12H18N2O4S. The first-order chi connectivity index (χ1) is 9.03. The Balaban J connectivity index is 1.95. The molecule has 0 aromatic carbocycles. The van der Waals surface area contributed by atoms with Gasteiger partial charge in [0, 0.05) is 12.6 Å². The molecule has 0 amide bonds. The summed E-state index contributed by atoms with van der Waals surface area (Å²) in [5.41, 5.74) is 0. The molecule has 2 heterocycles. The summed E-state index contributed by atoms with van der Waals surface area (Å²) in [7, 11) is -3.68. The highest BCUT2D eigenvalue weighted by Crippen LogP contribution is 2.14. The summed E-state index contributed by atoms with van der Waals surface area (Å²) in [5.74, 6) is 0.00738. The highest BCUT2D eigenvalue weighted by atomic mass is 32.2. The SMILES string of the molecule is CC(CNS(=O)(=O)c1ccc(C=O)o1)N1CCCC1. The molecule has 106 valence electrons. The second-order valence-electron chi connectivity index (χ2n) is 4.72. The molecular weight excluding hydrogens is 268 g/mol. The Morgan fingerprint density at radius 2 is 2.11 bits per heavy atom. The predicted octanol–water partition coefficient (Wildman–Crippen LogP) is 0.855. The molecule has 19 heavy (non-hydrogen) atoms. The van der Waals surface area contributed by atoms with Crippen LogP contribution in [0, 0.1) is 0 Å². The van der Waals surface area contributed by atoms with Crippen LogP contribution in [0.3, 0.4) is 0 Å². The van der Waals surface area contributed by atoms with Crippen molar-refractivity contribution in [1.29, 1.82) is 0 Å². The summed E-state index contributed by atoms with van der Waals surface area (Å²) in [6.45, 7) is 4.35. The van der Waals surface area contributed by atoms with Crippen LogP contribution in [0.4, 0.5) is 0 Å². The summed E-state index contributed by atoms with van der Waals surface area (Å²) >= 11 is 0. The van der Waals surface area contributed by atoms with Gasteiger partial charge in [-0.25, -0.2) is 13.1 Å². The number of carbonyl (C=O) groups is 1.